The standard InChI is InChI=1S/C22H25NO4/c24-22(25)13-11-18-10-8-16-14-15(9-12-20(16)26-18)19-6-3-7-21(23-19)27-17-4-1-2-5-17/h3,6-7,9,12,14,17-18H,1-2,4-5,8,10-11,13H2,(H,24,25). The van der Waals surface area contributed by atoms with Gasteiger partial charge in [-0.3, -0.25) is 4.79 Å². The second kappa shape index (κ2) is 7.99. The summed E-state index contributed by atoms with van der Waals surface area (Å²) in [6, 6.07) is 12.0. The van der Waals surface area contributed by atoms with Crippen LogP contribution in [0.5, 0.6) is 11.6 Å². The van der Waals surface area contributed by atoms with Crippen LogP contribution < -0.4 is 9.47 Å². The van der Waals surface area contributed by atoms with Gasteiger partial charge in [0.05, 0.1) is 11.8 Å². The van der Waals surface area contributed by atoms with E-state index in [1.165, 1.54) is 12.8 Å². The largest absolute Gasteiger partial charge is 0.490 e. The Balaban J connectivity index is 1.47. The van der Waals surface area contributed by atoms with Crippen LogP contribution in [0, 0.1) is 0 Å². The van der Waals surface area contributed by atoms with Crippen molar-refractivity contribution in [1.82, 2.24) is 4.98 Å². The first-order chi connectivity index (χ1) is 13.2. The number of carboxylic acid groups (broad SMARTS) is 1. The molecule has 1 unspecified atom stereocenters. The molecule has 1 fully saturated rings. The second-order valence-electron chi connectivity index (χ2n) is 7.42. The van der Waals surface area contributed by atoms with Gasteiger partial charge in [0.25, 0.3) is 0 Å². The zero-order valence-electron chi connectivity index (χ0n) is 15.4. The smallest absolute Gasteiger partial charge is 0.303 e. The van der Waals surface area contributed by atoms with Crippen LogP contribution in [-0.4, -0.2) is 28.3 Å². The van der Waals surface area contributed by atoms with Crippen LogP contribution in [0.25, 0.3) is 11.3 Å². The topological polar surface area (TPSA) is 68.7 Å². The number of benzene rings is 1. The van der Waals surface area contributed by atoms with Crippen molar-refractivity contribution in [2.24, 2.45) is 0 Å². The maximum atomic E-state index is 10.8. The number of aromatic nitrogens is 1. The molecular weight excluding hydrogens is 342 g/mol. The molecule has 0 spiro atoms. The van der Waals surface area contributed by atoms with Gasteiger partial charge in [-0.05, 0) is 74.8 Å². The molecule has 1 N–H and O–H groups in total. The molecule has 0 bridgehead atoms. The van der Waals surface area contributed by atoms with Crippen molar-refractivity contribution in [3.8, 4) is 22.9 Å². The third-order valence-corrected chi connectivity index (χ3v) is 5.38. The number of aliphatic carboxylic acids is 1. The lowest BCUT2D eigenvalue weighted by Gasteiger charge is -2.26. The monoisotopic (exact) mass is 367 g/mol. The SMILES string of the molecule is O=C(O)CCC1CCc2cc(-c3cccc(OC4CCCC4)n3)ccc2O1. The van der Waals surface area contributed by atoms with Gasteiger partial charge in [-0.1, -0.05) is 6.07 Å². The Bertz CT molecular complexity index is 814. The number of nitrogens with zero attached hydrogens (tertiary/aromatic N) is 1. The van der Waals surface area contributed by atoms with E-state index in [0.29, 0.717) is 18.4 Å². The molecule has 2 aromatic rings. The highest BCUT2D eigenvalue weighted by molar-refractivity contribution is 5.66. The lowest BCUT2D eigenvalue weighted by Crippen LogP contribution is -2.23. The van der Waals surface area contributed by atoms with Gasteiger partial charge in [0.1, 0.15) is 11.9 Å². The van der Waals surface area contributed by atoms with E-state index in [0.717, 1.165) is 48.3 Å². The van der Waals surface area contributed by atoms with E-state index in [2.05, 4.69) is 6.07 Å². The molecule has 5 nitrogen and oxygen atoms in total. The number of ether oxygens (including phenoxy) is 2. The van der Waals surface area contributed by atoms with E-state index in [1.54, 1.807) is 0 Å². The normalized spacial score (nSPS) is 19.3. The number of carbonyl (C=O) groups is 1. The van der Waals surface area contributed by atoms with Gasteiger partial charge in [-0.15, -0.1) is 0 Å². The number of fused-ring (bicyclic) bond motifs is 1. The summed E-state index contributed by atoms with van der Waals surface area (Å²) in [6.07, 6.45) is 7.44. The second-order valence-corrected chi connectivity index (χ2v) is 7.42. The van der Waals surface area contributed by atoms with Gasteiger partial charge in [0.2, 0.25) is 5.88 Å². The minimum absolute atomic E-state index is 0.0132. The summed E-state index contributed by atoms with van der Waals surface area (Å²) in [5.41, 5.74) is 3.11. The van der Waals surface area contributed by atoms with Crippen molar-refractivity contribution >= 4 is 5.97 Å². The molecule has 0 radical (unpaired) electrons. The van der Waals surface area contributed by atoms with Gasteiger partial charge < -0.3 is 14.6 Å². The minimum Gasteiger partial charge on any atom is -0.490 e. The third-order valence-electron chi connectivity index (χ3n) is 5.38. The van der Waals surface area contributed by atoms with E-state index in [9.17, 15) is 4.79 Å². The third kappa shape index (κ3) is 4.41. The molecule has 1 saturated carbocycles. The Morgan fingerprint density at radius 3 is 2.85 bits per heavy atom. The van der Waals surface area contributed by atoms with Crippen LogP contribution in [0.1, 0.15) is 50.5 Å². The fourth-order valence-corrected chi connectivity index (χ4v) is 3.91. The Kier molecular flexibility index (Phi) is 5.28. The highest BCUT2D eigenvalue weighted by Gasteiger charge is 2.21. The molecule has 5 heteroatoms. The highest BCUT2D eigenvalue weighted by Crippen LogP contribution is 2.33. The minimum atomic E-state index is -0.773. The molecular formula is C22H25NO4. The molecule has 1 atom stereocenters. The van der Waals surface area contributed by atoms with Crippen LogP contribution in [0.3, 0.4) is 0 Å². The van der Waals surface area contributed by atoms with Gasteiger partial charge in [0.15, 0.2) is 0 Å². The lowest BCUT2D eigenvalue weighted by molar-refractivity contribution is -0.137. The highest BCUT2D eigenvalue weighted by atomic mass is 16.5. The molecule has 27 heavy (non-hydrogen) atoms. The first kappa shape index (κ1) is 17.8. The summed E-state index contributed by atoms with van der Waals surface area (Å²) in [7, 11) is 0. The fraction of sp³-hybridized carbons (Fsp3) is 0.455. The zero-order valence-corrected chi connectivity index (χ0v) is 15.4. The predicted octanol–water partition coefficient (Wildman–Crippen LogP) is 4.63. The zero-order chi connectivity index (χ0) is 18.6. The quantitative estimate of drug-likeness (QED) is 0.806. The van der Waals surface area contributed by atoms with Crippen molar-refractivity contribution in [3.63, 3.8) is 0 Å². The van der Waals surface area contributed by atoms with Gasteiger partial charge in [-0.25, -0.2) is 4.98 Å². The summed E-state index contributed by atoms with van der Waals surface area (Å²) < 4.78 is 12.0. The lowest BCUT2D eigenvalue weighted by atomic mass is 9.97. The van der Waals surface area contributed by atoms with Crippen LogP contribution >= 0.6 is 0 Å². The summed E-state index contributed by atoms with van der Waals surface area (Å²) >= 11 is 0. The van der Waals surface area contributed by atoms with E-state index >= 15 is 0 Å². The van der Waals surface area contributed by atoms with E-state index in [4.69, 9.17) is 19.6 Å². The van der Waals surface area contributed by atoms with Crippen molar-refractivity contribution in [3.05, 3.63) is 42.0 Å². The van der Waals surface area contributed by atoms with Crippen LogP contribution in [0.4, 0.5) is 0 Å². The van der Waals surface area contributed by atoms with E-state index in [1.807, 2.05) is 30.3 Å². The molecule has 2 heterocycles. The van der Waals surface area contributed by atoms with Gasteiger partial charge in [-0.2, -0.15) is 0 Å². The number of pyridine rings is 1. The van der Waals surface area contributed by atoms with Crippen LogP contribution in [-0.2, 0) is 11.2 Å². The molecule has 1 aromatic heterocycles. The molecule has 1 aromatic carbocycles. The molecule has 2 aliphatic rings. The summed E-state index contributed by atoms with van der Waals surface area (Å²) in [6.45, 7) is 0. The molecule has 142 valence electrons. The molecule has 1 aliphatic heterocycles. The first-order valence-corrected chi connectivity index (χ1v) is 9.83. The molecule has 4 rings (SSSR count). The maximum Gasteiger partial charge on any atom is 0.303 e. The molecule has 0 amide bonds. The summed E-state index contributed by atoms with van der Waals surface area (Å²) in [5, 5.41) is 8.84. The number of rotatable bonds is 6. The van der Waals surface area contributed by atoms with Crippen molar-refractivity contribution in [1.29, 1.82) is 0 Å². The molecule has 1 aliphatic carbocycles. The summed E-state index contributed by atoms with van der Waals surface area (Å²) in [4.78, 5) is 15.4. The molecule has 0 saturated heterocycles. The van der Waals surface area contributed by atoms with Gasteiger partial charge >= 0.3 is 5.97 Å². The maximum absolute atomic E-state index is 10.8. The van der Waals surface area contributed by atoms with Crippen LogP contribution in [0.15, 0.2) is 36.4 Å². The van der Waals surface area contributed by atoms with Gasteiger partial charge in [0, 0.05) is 18.1 Å². The van der Waals surface area contributed by atoms with Crippen molar-refractivity contribution < 1.29 is 19.4 Å². The Hall–Kier alpha value is -2.56. The van der Waals surface area contributed by atoms with Crippen molar-refractivity contribution in [2.75, 3.05) is 0 Å². The van der Waals surface area contributed by atoms with Crippen molar-refractivity contribution in [2.45, 2.75) is 63.6 Å². The van der Waals surface area contributed by atoms with E-state index in [-0.39, 0.29) is 12.5 Å². The summed E-state index contributed by atoms with van der Waals surface area (Å²) in [5.74, 6) is 0.784. The number of hydrogen-bond acceptors (Lipinski definition) is 4. The number of aryl methyl sites for hydroxylation is 1. The van der Waals surface area contributed by atoms with Crippen LogP contribution in [0.2, 0.25) is 0 Å². The Morgan fingerprint density at radius 2 is 2.04 bits per heavy atom. The number of carboxylic acids is 1. The Labute approximate surface area is 159 Å². The Morgan fingerprint density at radius 1 is 1.19 bits per heavy atom. The fourth-order valence-electron chi connectivity index (χ4n) is 3.91. The van der Waals surface area contributed by atoms with E-state index < -0.39 is 5.97 Å². The average Bonchev–Trinajstić information content (AvgIpc) is 3.19. The average molecular weight is 367 g/mol. The predicted molar refractivity (Wildman–Crippen MR) is 102 cm³/mol. The number of hydrogen-bond donors (Lipinski definition) is 1. The first-order valence-electron chi connectivity index (χ1n) is 9.83.